The monoisotopic (exact) mass is 653 g/mol. The van der Waals surface area contributed by atoms with Crippen molar-refractivity contribution in [1.82, 2.24) is 0 Å². The Hall–Kier alpha value is -4.11. The largest absolute Gasteiger partial charge is 0.457 e. The Morgan fingerprint density at radius 1 is 0.816 bits per heavy atom. The fourth-order valence-corrected chi connectivity index (χ4v) is 8.00. The Morgan fingerprint density at radius 3 is 2.27 bits per heavy atom. The first-order valence-electron chi connectivity index (χ1n) is 18.6. The molecule has 0 aromatic heterocycles. The van der Waals surface area contributed by atoms with Gasteiger partial charge < -0.3 is 9.64 Å². The highest BCUT2D eigenvalue weighted by Crippen LogP contribution is 2.49. The van der Waals surface area contributed by atoms with E-state index in [2.05, 4.69) is 169 Å². The first kappa shape index (κ1) is 34.7. The van der Waals surface area contributed by atoms with E-state index < -0.39 is 0 Å². The zero-order valence-corrected chi connectivity index (χ0v) is 31.5. The highest BCUT2D eigenvalue weighted by atomic mass is 16.5. The van der Waals surface area contributed by atoms with Crippen molar-refractivity contribution in [2.45, 2.75) is 111 Å². The Balaban J connectivity index is 1.44. The summed E-state index contributed by atoms with van der Waals surface area (Å²) >= 11 is 0. The Morgan fingerprint density at radius 2 is 1.55 bits per heavy atom. The molecule has 0 radical (unpaired) electrons. The van der Waals surface area contributed by atoms with Crippen molar-refractivity contribution in [3.05, 3.63) is 136 Å². The van der Waals surface area contributed by atoms with Crippen LogP contribution in [0.25, 0.3) is 0 Å². The molecule has 0 fully saturated rings. The van der Waals surface area contributed by atoms with Crippen molar-refractivity contribution in [2.75, 3.05) is 18.0 Å². The van der Waals surface area contributed by atoms with Crippen LogP contribution in [-0.2, 0) is 16.2 Å². The smallest absolute Gasteiger partial charge is 0.209 e. The second-order valence-electron chi connectivity index (χ2n) is 16.1. The fraction of sp³-hybridized carbons (Fsp3) is 0.413. The summed E-state index contributed by atoms with van der Waals surface area (Å²) in [6, 6.07) is 26.3. The molecule has 3 aromatic rings. The molecule has 3 heteroatoms. The van der Waals surface area contributed by atoms with E-state index in [1.807, 2.05) is 0 Å². The molecule has 0 atom stereocenters. The highest BCUT2D eigenvalue weighted by Gasteiger charge is 2.44. The lowest BCUT2D eigenvalue weighted by molar-refractivity contribution is -0.433. The van der Waals surface area contributed by atoms with Crippen LogP contribution >= 0.6 is 0 Å². The average molecular weight is 654 g/mol. The first-order chi connectivity index (χ1) is 23.4. The van der Waals surface area contributed by atoms with E-state index in [1.165, 1.54) is 57.0 Å². The molecular formula is C46H57N2O+. The van der Waals surface area contributed by atoms with Crippen LogP contribution < -0.4 is 9.64 Å². The quantitative estimate of drug-likeness (QED) is 0.214. The van der Waals surface area contributed by atoms with Gasteiger partial charge in [-0.3, -0.25) is 0 Å². The molecule has 3 aliphatic rings. The van der Waals surface area contributed by atoms with Crippen LogP contribution in [0, 0.1) is 0 Å². The minimum absolute atomic E-state index is 0.0697. The van der Waals surface area contributed by atoms with Gasteiger partial charge in [-0.25, -0.2) is 0 Å². The number of rotatable bonds is 9. The van der Waals surface area contributed by atoms with Gasteiger partial charge in [0, 0.05) is 41.1 Å². The predicted molar refractivity (Wildman–Crippen MR) is 209 cm³/mol. The molecule has 6 rings (SSSR count). The number of ether oxygens (including phenoxy) is 1. The van der Waals surface area contributed by atoms with Gasteiger partial charge in [0.15, 0.2) is 5.71 Å². The number of allylic oxidation sites excluding steroid dienone is 7. The summed E-state index contributed by atoms with van der Waals surface area (Å²) in [4.78, 5) is 2.59. The van der Waals surface area contributed by atoms with Gasteiger partial charge in [0.2, 0.25) is 5.69 Å². The van der Waals surface area contributed by atoms with Crippen molar-refractivity contribution in [2.24, 2.45) is 0 Å². The third-order valence-electron chi connectivity index (χ3n) is 10.9. The molecule has 3 aromatic carbocycles. The summed E-state index contributed by atoms with van der Waals surface area (Å²) in [6.07, 6.45) is 14.9. The lowest BCUT2D eigenvalue weighted by Crippen LogP contribution is -2.27. The molecule has 3 nitrogen and oxygen atoms in total. The number of nitrogens with zero attached hydrogens (tertiary/aromatic N) is 2. The van der Waals surface area contributed by atoms with Gasteiger partial charge in [0.05, 0.1) is 5.41 Å². The molecule has 2 heterocycles. The minimum atomic E-state index is -0.105. The molecule has 0 saturated carbocycles. The van der Waals surface area contributed by atoms with E-state index >= 15 is 0 Å². The number of unbranched alkanes of at least 4 members (excludes halogenated alkanes) is 1. The fourth-order valence-electron chi connectivity index (χ4n) is 8.00. The van der Waals surface area contributed by atoms with E-state index in [0.717, 1.165) is 50.3 Å². The van der Waals surface area contributed by atoms with Gasteiger partial charge in [-0.05, 0) is 104 Å². The molecule has 0 saturated heterocycles. The summed E-state index contributed by atoms with van der Waals surface area (Å²) in [7, 11) is 0. The van der Waals surface area contributed by atoms with E-state index in [1.54, 1.807) is 0 Å². The summed E-state index contributed by atoms with van der Waals surface area (Å²) in [5.41, 5.74) is 12.1. The van der Waals surface area contributed by atoms with E-state index in [-0.39, 0.29) is 16.2 Å². The minimum Gasteiger partial charge on any atom is -0.457 e. The normalized spacial score (nSPS) is 20.1. The molecule has 1 aliphatic carbocycles. The number of hydrogen-bond acceptors (Lipinski definition) is 2. The van der Waals surface area contributed by atoms with Gasteiger partial charge in [-0.2, -0.15) is 4.58 Å². The van der Waals surface area contributed by atoms with Crippen LogP contribution in [-0.4, -0.2) is 23.4 Å². The van der Waals surface area contributed by atoms with Crippen LogP contribution in [0.15, 0.2) is 120 Å². The Kier molecular flexibility index (Phi) is 9.68. The van der Waals surface area contributed by atoms with E-state index in [4.69, 9.17) is 4.74 Å². The number of anilines is 1. The summed E-state index contributed by atoms with van der Waals surface area (Å²) in [6.45, 7) is 22.9. The zero-order valence-electron chi connectivity index (χ0n) is 31.5. The van der Waals surface area contributed by atoms with Crippen LogP contribution in [0.3, 0.4) is 0 Å². The lowest BCUT2D eigenvalue weighted by Gasteiger charge is -2.27. The maximum Gasteiger partial charge on any atom is 0.209 e. The van der Waals surface area contributed by atoms with Gasteiger partial charge >= 0.3 is 0 Å². The number of fused-ring (bicyclic) bond motifs is 2. The van der Waals surface area contributed by atoms with E-state index in [0.29, 0.717) is 0 Å². The van der Waals surface area contributed by atoms with Crippen molar-refractivity contribution in [1.29, 1.82) is 0 Å². The van der Waals surface area contributed by atoms with E-state index in [9.17, 15) is 0 Å². The predicted octanol–water partition coefficient (Wildman–Crippen LogP) is 11.9. The van der Waals surface area contributed by atoms with Gasteiger partial charge in [-0.1, -0.05) is 103 Å². The molecule has 0 bridgehead atoms. The lowest BCUT2D eigenvalue weighted by atomic mass is 9.79. The zero-order chi connectivity index (χ0) is 35.0. The van der Waals surface area contributed by atoms with Gasteiger partial charge in [-0.15, -0.1) is 0 Å². The second kappa shape index (κ2) is 13.7. The number of benzene rings is 3. The molecule has 0 amide bonds. The molecule has 0 spiro atoms. The summed E-state index contributed by atoms with van der Waals surface area (Å²) in [5, 5.41) is 0. The SMILES string of the molecule is CCCCN1/C(=C/C=C2\CCCC(/C=C/C3=[N+](CC)c4ccccc4C3(C)C)=C2Oc2ccccc2)C(C)(C)c2cc(C(C)(C)C)ccc21. The molecule has 49 heavy (non-hydrogen) atoms. The van der Waals surface area contributed by atoms with Gasteiger partial charge in [0.1, 0.15) is 18.1 Å². The molecular weight excluding hydrogens is 597 g/mol. The summed E-state index contributed by atoms with van der Waals surface area (Å²) < 4.78 is 9.31. The highest BCUT2D eigenvalue weighted by molar-refractivity contribution is 6.03. The van der Waals surface area contributed by atoms with Crippen molar-refractivity contribution < 1.29 is 9.31 Å². The summed E-state index contributed by atoms with van der Waals surface area (Å²) in [5.74, 6) is 1.89. The van der Waals surface area contributed by atoms with Crippen molar-refractivity contribution >= 4 is 17.1 Å². The standard InChI is InChI=1S/C46H57N2O/c1-10-12-31-48-40-28-27-35(44(3,4)5)32-38(40)46(8,9)42(48)30-26-34-20-18-19-33(43(34)49-36-21-14-13-15-22-36)25-29-41-45(6,7)37-23-16-17-24-39(37)47(41)11-2/h13-17,21-30,32H,10-12,18-20,31H2,1-9H3/q+1. The Labute approximate surface area is 296 Å². The van der Waals surface area contributed by atoms with Gasteiger partial charge in [0.25, 0.3) is 0 Å². The molecule has 2 aliphatic heterocycles. The van der Waals surface area contributed by atoms with Crippen molar-refractivity contribution in [3.8, 4) is 5.75 Å². The Bertz CT molecular complexity index is 1860. The van der Waals surface area contributed by atoms with Crippen molar-refractivity contribution in [3.63, 3.8) is 0 Å². The maximum absolute atomic E-state index is 6.83. The van der Waals surface area contributed by atoms with Crippen LogP contribution in [0.5, 0.6) is 5.75 Å². The van der Waals surface area contributed by atoms with Crippen LogP contribution in [0.1, 0.15) is 111 Å². The molecule has 0 unspecified atom stereocenters. The maximum atomic E-state index is 6.83. The van der Waals surface area contributed by atoms with Crippen LogP contribution in [0.2, 0.25) is 0 Å². The first-order valence-corrected chi connectivity index (χ1v) is 18.6. The number of hydrogen-bond donors (Lipinski definition) is 0. The topological polar surface area (TPSA) is 15.5 Å². The van der Waals surface area contributed by atoms with Crippen LogP contribution in [0.4, 0.5) is 11.4 Å². The second-order valence-corrected chi connectivity index (χ2v) is 16.1. The third kappa shape index (κ3) is 6.62. The molecule has 256 valence electrons. The third-order valence-corrected chi connectivity index (χ3v) is 10.9. The molecule has 0 N–H and O–H groups in total. The average Bonchev–Trinajstić information content (AvgIpc) is 3.43. The number of para-hydroxylation sites is 2.